The number of terminal acetylenes is 2. The molecule has 0 radical (unpaired) electrons. The zero-order valence-electron chi connectivity index (χ0n) is 32.8. The summed E-state index contributed by atoms with van der Waals surface area (Å²) in [6, 6.07) is 4.88. The molecule has 1 aromatic rings. The second kappa shape index (κ2) is 18.8. The molecule has 0 bridgehead atoms. The molecule has 0 aromatic heterocycles. The summed E-state index contributed by atoms with van der Waals surface area (Å²) < 4.78 is 27.0. The van der Waals surface area contributed by atoms with E-state index in [0.29, 0.717) is 18.4 Å². The summed E-state index contributed by atoms with van der Waals surface area (Å²) in [6.07, 6.45) is 14.7. The minimum atomic E-state index is -3.63. The number of Topliss-reactive ketones (excluding diaryl/α,β-unsaturated/α-hetero) is 1. The van der Waals surface area contributed by atoms with Crippen LogP contribution in [0, 0.1) is 41.4 Å². The Morgan fingerprint density at radius 3 is 2.19 bits per heavy atom. The van der Waals surface area contributed by atoms with Gasteiger partial charge in [0.15, 0.2) is 9.84 Å². The number of carbonyl (C=O) groups excluding carboxylic acids is 5. The Hall–Kier alpha value is -4.36. The van der Waals surface area contributed by atoms with E-state index in [-0.39, 0.29) is 61.6 Å². The van der Waals surface area contributed by atoms with Crippen LogP contribution in [0.3, 0.4) is 0 Å². The average molecular weight is 766 g/mol. The van der Waals surface area contributed by atoms with E-state index in [9.17, 15) is 32.4 Å². The molecule has 4 N–H and O–H groups in total. The van der Waals surface area contributed by atoms with Crippen molar-refractivity contribution in [2.24, 2.45) is 16.7 Å². The van der Waals surface area contributed by atoms with Crippen molar-refractivity contribution in [3.63, 3.8) is 0 Å². The molecule has 13 heteroatoms. The molecular formula is C41H59N5O7S. The Balaban J connectivity index is 1.87. The molecule has 2 unspecified atom stereocenters. The third-order valence-electron chi connectivity index (χ3n) is 10.8. The van der Waals surface area contributed by atoms with Gasteiger partial charge in [0.05, 0.1) is 23.1 Å². The molecule has 4 atom stereocenters. The average Bonchev–Trinajstić information content (AvgIpc) is 3.09. The van der Waals surface area contributed by atoms with E-state index in [4.69, 9.17) is 12.8 Å². The maximum atomic E-state index is 14.6. The smallest absolute Gasteiger partial charge is 0.315 e. The summed E-state index contributed by atoms with van der Waals surface area (Å²) in [5, 5.41) is 11.0. The van der Waals surface area contributed by atoms with Crippen molar-refractivity contribution in [3.8, 4) is 24.7 Å². The predicted molar refractivity (Wildman–Crippen MR) is 209 cm³/mol. The number of benzene rings is 1. The fourth-order valence-electron chi connectivity index (χ4n) is 7.27. The molecule has 1 saturated carbocycles. The lowest BCUT2D eigenvalue weighted by Crippen LogP contribution is -2.66. The van der Waals surface area contributed by atoms with Gasteiger partial charge in [-0.05, 0) is 48.0 Å². The van der Waals surface area contributed by atoms with Crippen LogP contribution in [0.4, 0.5) is 4.79 Å². The van der Waals surface area contributed by atoms with Crippen LogP contribution < -0.4 is 21.3 Å². The lowest BCUT2D eigenvalue weighted by atomic mass is 9.71. The standard InChI is InChI=1S/C41H59N5O7S/c1-9-11-21-31(33(47)36(49)42-24-12-10-2)43-35(48)32-25-40(7,8)29(3)26-46(32)37(50)34(39(4,5)6)44-38(51)45-41(22-17-14-18-23-41)28-54(52,53)27-30-19-15-13-16-20-30/h1-2,13,15-16,19-20,29,31-32,34H,11-12,14,17-18,21-28H2,3-8H3,(H,42,49)(H,43,48)(H2,44,45,51)/t29?,31?,32-,34+/m0/s1. The Kier molecular flexibility index (Phi) is 15.3. The number of nitrogens with one attached hydrogen (secondary N) is 4. The van der Waals surface area contributed by atoms with Crippen molar-refractivity contribution in [1.82, 2.24) is 26.2 Å². The quantitative estimate of drug-likeness (QED) is 0.119. The summed E-state index contributed by atoms with van der Waals surface area (Å²) in [7, 11) is -3.63. The summed E-state index contributed by atoms with van der Waals surface area (Å²) in [4.78, 5) is 69.9. The molecule has 1 heterocycles. The normalized spacial score (nSPS) is 20.6. The van der Waals surface area contributed by atoms with Gasteiger partial charge < -0.3 is 26.2 Å². The highest BCUT2D eigenvalue weighted by Crippen LogP contribution is 2.40. The molecule has 0 spiro atoms. The van der Waals surface area contributed by atoms with Gasteiger partial charge in [-0.3, -0.25) is 19.2 Å². The first-order valence-corrected chi connectivity index (χ1v) is 20.7. The van der Waals surface area contributed by atoms with Crippen LogP contribution >= 0.6 is 0 Å². The predicted octanol–water partition coefficient (Wildman–Crippen LogP) is 3.89. The first kappa shape index (κ1) is 44.0. The number of rotatable bonds is 15. The maximum absolute atomic E-state index is 14.6. The van der Waals surface area contributed by atoms with E-state index in [2.05, 4.69) is 33.1 Å². The highest BCUT2D eigenvalue weighted by atomic mass is 32.2. The van der Waals surface area contributed by atoms with Gasteiger partial charge in [-0.1, -0.05) is 91.1 Å². The van der Waals surface area contributed by atoms with Gasteiger partial charge in [0.2, 0.25) is 17.6 Å². The van der Waals surface area contributed by atoms with Crippen molar-refractivity contribution in [3.05, 3.63) is 35.9 Å². The molecule has 2 fully saturated rings. The molecule has 5 amide bonds. The zero-order chi connectivity index (χ0) is 40.3. The molecule has 1 aliphatic heterocycles. The third kappa shape index (κ3) is 12.3. The second-order valence-corrected chi connectivity index (χ2v) is 18.8. The number of amides is 5. The molecular weight excluding hydrogens is 707 g/mol. The highest BCUT2D eigenvalue weighted by molar-refractivity contribution is 7.90. The lowest BCUT2D eigenvalue weighted by molar-refractivity contribution is -0.151. The monoisotopic (exact) mass is 765 g/mol. The highest BCUT2D eigenvalue weighted by Gasteiger charge is 2.48. The molecule has 12 nitrogen and oxygen atoms in total. The van der Waals surface area contributed by atoms with Crippen molar-refractivity contribution < 1.29 is 32.4 Å². The lowest BCUT2D eigenvalue weighted by Gasteiger charge is -2.49. The van der Waals surface area contributed by atoms with Gasteiger partial charge in [0.25, 0.3) is 5.91 Å². The number of urea groups is 1. The summed E-state index contributed by atoms with van der Waals surface area (Å²) >= 11 is 0. The van der Waals surface area contributed by atoms with Gasteiger partial charge in [-0.25, -0.2) is 13.2 Å². The Morgan fingerprint density at radius 2 is 1.59 bits per heavy atom. The third-order valence-corrected chi connectivity index (χ3v) is 12.5. The largest absolute Gasteiger partial charge is 0.348 e. The Bertz CT molecular complexity index is 1700. The zero-order valence-corrected chi connectivity index (χ0v) is 33.6. The van der Waals surface area contributed by atoms with Crippen LogP contribution in [-0.4, -0.2) is 85.4 Å². The van der Waals surface area contributed by atoms with E-state index in [0.717, 1.165) is 19.3 Å². The van der Waals surface area contributed by atoms with Crippen molar-refractivity contribution in [1.29, 1.82) is 0 Å². The van der Waals surface area contributed by atoms with Gasteiger partial charge >= 0.3 is 6.03 Å². The fraction of sp³-hybridized carbons (Fsp3) is 0.634. The van der Waals surface area contributed by atoms with E-state index < -0.39 is 68.5 Å². The van der Waals surface area contributed by atoms with Crippen LogP contribution in [0.25, 0.3) is 0 Å². The van der Waals surface area contributed by atoms with E-state index >= 15 is 0 Å². The molecule has 54 heavy (non-hydrogen) atoms. The Morgan fingerprint density at radius 1 is 0.963 bits per heavy atom. The number of hydrogen-bond donors (Lipinski definition) is 4. The van der Waals surface area contributed by atoms with E-state index in [1.54, 1.807) is 45.0 Å². The van der Waals surface area contributed by atoms with Gasteiger partial charge in [-0.2, -0.15) is 0 Å². The van der Waals surface area contributed by atoms with Crippen LogP contribution in [0.15, 0.2) is 30.3 Å². The van der Waals surface area contributed by atoms with Crippen molar-refractivity contribution >= 4 is 39.4 Å². The van der Waals surface area contributed by atoms with E-state index in [1.165, 1.54) is 4.90 Å². The summed E-state index contributed by atoms with van der Waals surface area (Å²) in [5.74, 6) is 1.52. The maximum Gasteiger partial charge on any atom is 0.315 e. The van der Waals surface area contributed by atoms with Crippen LogP contribution in [-0.2, 0) is 34.8 Å². The minimum Gasteiger partial charge on any atom is -0.348 e. The van der Waals surface area contributed by atoms with Gasteiger partial charge in [0.1, 0.15) is 12.1 Å². The molecule has 296 valence electrons. The molecule has 1 aromatic carbocycles. The van der Waals surface area contributed by atoms with Crippen molar-refractivity contribution in [2.75, 3.05) is 18.8 Å². The van der Waals surface area contributed by atoms with Crippen LogP contribution in [0.2, 0.25) is 0 Å². The van der Waals surface area contributed by atoms with Gasteiger partial charge in [-0.15, -0.1) is 24.7 Å². The number of likely N-dealkylation sites (tertiary alicyclic amines) is 1. The van der Waals surface area contributed by atoms with Crippen LogP contribution in [0.1, 0.15) is 105 Å². The molecule has 3 rings (SSSR count). The first-order chi connectivity index (χ1) is 25.2. The number of sulfone groups is 1. The summed E-state index contributed by atoms with van der Waals surface area (Å²) in [5.41, 5.74) is -1.56. The molecule has 1 saturated heterocycles. The SMILES string of the molecule is C#CCCNC(=O)C(=O)C(CCC#C)NC(=O)[C@@H]1CC(C)(C)C(C)CN1C(=O)[C@@H](NC(=O)NC1(CS(=O)(=O)Cc2ccccc2)CCCCC1)C(C)(C)C. The molecule has 2 aliphatic rings. The number of carbonyl (C=O) groups is 5. The summed E-state index contributed by atoms with van der Waals surface area (Å²) in [6.45, 7) is 11.7. The van der Waals surface area contributed by atoms with Crippen LogP contribution in [0.5, 0.6) is 0 Å². The molecule has 1 aliphatic carbocycles. The van der Waals surface area contributed by atoms with Crippen molar-refractivity contribution in [2.45, 2.75) is 129 Å². The topological polar surface area (TPSA) is 171 Å². The Labute approximate surface area is 322 Å². The van der Waals surface area contributed by atoms with E-state index in [1.807, 2.05) is 26.8 Å². The number of nitrogens with zero attached hydrogens (tertiary/aromatic N) is 1. The van der Waals surface area contributed by atoms with Gasteiger partial charge in [0, 0.05) is 25.9 Å². The number of piperidine rings is 1. The first-order valence-electron chi connectivity index (χ1n) is 18.9. The fourth-order valence-corrected chi connectivity index (χ4v) is 9.28. The second-order valence-electron chi connectivity index (χ2n) is 16.7. The number of ketones is 1. The minimum absolute atomic E-state index is 0.0132. The number of hydrogen-bond acceptors (Lipinski definition) is 7.